The highest BCUT2D eigenvalue weighted by Gasteiger charge is 2.14. The van der Waals surface area contributed by atoms with Gasteiger partial charge in [-0.3, -0.25) is 4.98 Å². The van der Waals surface area contributed by atoms with Gasteiger partial charge in [-0.25, -0.2) is 9.97 Å². The van der Waals surface area contributed by atoms with Crippen LogP contribution in [0.4, 0.5) is 11.6 Å². The summed E-state index contributed by atoms with van der Waals surface area (Å²) in [5.41, 5.74) is 3.60. The molecular weight excluding hydrogens is 290 g/mol. The van der Waals surface area contributed by atoms with Gasteiger partial charge in [0.2, 0.25) is 5.95 Å². The summed E-state index contributed by atoms with van der Waals surface area (Å²) in [6, 6.07) is 3.81. The number of nitrogens with zero attached hydrogens (tertiary/aromatic N) is 4. The van der Waals surface area contributed by atoms with E-state index in [1.54, 1.807) is 12.4 Å². The van der Waals surface area contributed by atoms with Gasteiger partial charge >= 0.3 is 0 Å². The minimum absolute atomic E-state index is 0.00726. The van der Waals surface area contributed by atoms with Gasteiger partial charge < -0.3 is 15.3 Å². The van der Waals surface area contributed by atoms with E-state index >= 15 is 0 Å². The molecule has 6 heteroatoms. The molecule has 0 spiro atoms. The molecule has 2 N–H and O–H groups in total. The van der Waals surface area contributed by atoms with Gasteiger partial charge in [-0.15, -0.1) is 0 Å². The van der Waals surface area contributed by atoms with Crippen molar-refractivity contribution in [2.24, 2.45) is 0 Å². The molecule has 2 aromatic heterocycles. The summed E-state index contributed by atoms with van der Waals surface area (Å²) in [6.45, 7) is 4.65. The minimum Gasteiger partial charge on any atom is -0.392 e. The van der Waals surface area contributed by atoms with E-state index in [1.807, 2.05) is 19.1 Å². The van der Waals surface area contributed by atoms with Gasteiger partial charge in [0.25, 0.3) is 0 Å². The van der Waals surface area contributed by atoms with Gasteiger partial charge in [0.15, 0.2) is 0 Å². The number of hydrogen-bond donors (Lipinski definition) is 2. The maximum Gasteiger partial charge on any atom is 0.225 e. The number of aryl methyl sites for hydroxylation is 1. The molecule has 0 bridgehead atoms. The van der Waals surface area contributed by atoms with E-state index in [9.17, 15) is 5.11 Å². The highest BCUT2D eigenvalue weighted by molar-refractivity contribution is 5.48. The molecule has 1 fully saturated rings. The van der Waals surface area contributed by atoms with Gasteiger partial charge in [-0.05, 0) is 38.3 Å². The molecule has 23 heavy (non-hydrogen) atoms. The molecule has 0 radical (unpaired) electrons. The van der Waals surface area contributed by atoms with Crippen molar-refractivity contribution in [2.45, 2.75) is 39.3 Å². The molecule has 122 valence electrons. The summed E-state index contributed by atoms with van der Waals surface area (Å²) >= 11 is 0. The third-order valence-electron chi connectivity index (χ3n) is 4.08. The third kappa shape index (κ3) is 3.96. The van der Waals surface area contributed by atoms with Crippen LogP contribution in [0.3, 0.4) is 0 Å². The molecule has 2 aromatic rings. The van der Waals surface area contributed by atoms with E-state index in [0.29, 0.717) is 6.54 Å². The van der Waals surface area contributed by atoms with E-state index in [2.05, 4.69) is 20.2 Å². The Morgan fingerprint density at radius 1 is 1.22 bits per heavy atom. The molecule has 0 saturated carbocycles. The van der Waals surface area contributed by atoms with Gasteiger partial charge in [0.05, 0.1) is 30.7 Å². The van der Waals surface area contributed by atoms with E-state index < -0.39 is 0 Å². The van der Waals surface area contributed by atoms with E-state index in [4.69, 9.17) is 4.98 Å². The van der Waals surface area contributed by atoms with E-state index in [1.165, 1.54) is 19.3 Å². The van der Waals surface area contributed by atoms with Gasteiger partial charge in [0, 0.05) is 30.5 Å². The first-order valence-corrected chi connectivity index (χ1v) is 8.13. The van der Waals surface area contributed by atoms with Crippen LogP contribution in [0.2, 0.25) is 0 Å². The molecular formula is C17H23N5O. The van der Waals surface area contributed by atoms with Gasteiger partial charge in [-0.2, -0.15) is 0 Å². The first-order chi connectivity index (χ1) is 11.3. The normalized spacial score (nSPS) is 14.8. The molecule has 3 rings (SSSR count). The van der Waals surface area contributed by atoms with Crippen LogP contribution < -0.4 is 10.2 Å². The van der Waals surface area contributed by atoms with Crippen LogP contribution in [0.15, 0.2) is 24.5 Å². The fraction of sp³-hybridized carbons (Fsp3) is 0.471. The Hall–Kier alpha value is -2.21. The largest absolute Gasteiger partial charge is 0.392 e. The number of aliphatic hydroxyl groups is 1. The highest BCUT2D eigenvalue weighted by atomic mass is 16.3. The SMILES string of the molecule is Cc1cc(CNc2cnccc2CO)nc(N2CCCCC2)n1. The molecule has 0 aliphatic carbocycles. The molecule has 6 nitrogen and oxygen atoms in total. The second-order valence-corrected chi connectivity index (χ2v) is 5.89. The van der Waals surface area contributed by atoms with Crippen molar-refractivity contribution in [1.82, 2.24) is 15.0 Å². The number of rotatable bonds is 5. The number of aliphatic hydroxyl groups excluding tert-OH is 1. The lowest BCUT2D eigenvalue weighted by Crippen LogP contribution is -2.31. The van der Waals surface area contributed by atoms with Gasteiger partial charge in [0.1, 0.15) is 0 Å². The average Bonchev–Trinajstić information content (AvgIpc) is 2.60. The lowest BCUT2D eigenvalue weighted by molar-refractivity contribution is 0.282. The van der Waals surface area contributed by atoms with E-state index in [-0.39, 0.29) is 6.61 Å². The van der Waals surface area contributed by atoms with Crippen molar-refractivity contribution >= 4 is 11.6 Å². The average molecular weight is 313 g/mol. The summed E-state index contributed by atoms with van der Waals surface area (Å²) in [5, 5.41) is 12.7. The second kappa shape index (κ2) is 7.37. The van der Waals surface area contributed by atoms with Crippen molar-refractivity contribution in [3.63, 3.8) is 0 Å². The molecule has 0 atom stereocenters. The lowest BCUT2D eigenvalue weighted by Gasteiger charge is -2.27. The van der Waals surface area contributed by atoms with Crippen LogP contribution in [-0.4, -0.2) is 33.1 Å². The van der Waals surface area contributed by atoms with Crippen LogP contribution in [0.5, 0.6) is 0 Å². The number of piperidine rings is 1. The molecule has 0 amide bonds. The Morgan fingerprint density at radius 2 is 2.04 bits per heavy atom. The smallest absolute Gasteiger partial charge is 0.225 e. The van der Waals surface area contributed by atoms with Crippen molar-refractivity contribution in [1.29, 1.82) is 0 Å². The first kappa shape index (κ1) is 15.7. The van der Waals surface area contributed by atoms with Crippen molar-refractivity contribution in [3.8, 4) is 0 Å². The van der Waals surface area contributed by atoms with Crippen LogP contribution in [0.25, 0.3) is 0 Å². The zero-order valence-corrected chi connectivity index (χ0v) is 13.5. The fourth-order valence-electron chi connectivity index (χ4n) is 2.85. The molecule has 0 aromatic carbocycles. The Morgan fingerprint density at radius 3 is 2.83 bits per heavy atom. The highest BCUT2D eigenvalue weighted by Crippen LogP contribution is 2.18. The summed E-state index contributed by atoms with van der Waals surface area (Å²) in [7, 11) is 0. The predicted molar refractivity (Wildman–Crippen MR) is 90.3 cm³/mol. The van der Waals surface area contributed by atoms with Crippen molar-refractivity contribution < 1.29 is 5.11 Å². The van der Waals surface area contributed by atoms with Gasteiger partial charge in [-0.1, -0.05) is 0 Å². The monoisotopic (exact) mass is 313 g/mol. The predicted octanol–water partition coefficient (Wildman–Crippen LogP) is 2.27. The van der Waals surface area contributed by atoms with Crippen LogP contribution in [0.1, 0.15) is 36.2 Å². The van der Waals surface area contributed by atoms with Crippen LogP contribution in [-0.2, 0) is 13.2 Å². The van der Waals surface area contributed by atoms with Crippen molar-refractivity contribution in [3.05, 3.63) is 41.5 Å². The lowest BCUT2D eigenvalue weighted by atomic mass is 10.1. The molecule has 1 saturated heterocycles. The van der Waals surface area contributed by atoms with Crippen LogP contribution >= 0.6 is 0 Å². The first-order valence-electron chi connectivity index (χ1n) is 8.13. The number of aromatic nitrogens is 3. The quantitative estimate of drug-likeness (QED) is 0.882. The number of pyridine rings is 1. The Kier molecular flexibility index (Phi) is 5.02. The summed E-state index contributed by atoms with van der Waals surface area (Å²) in [5.74, 6) is 0.829. The molecule has 0 unspecified atom stereocenters. The molecule has 1 aliphatic heterocycles. The second-order valence-electron chi connectivity index (χ2n) is 5.89. The summed E-state index contributed by atoms with van der Waals surface area (Å²) in [6.07, 6.45) is 7.12. The Bertz CT molecular complexity index is 655. The fourth-order valence-corrected chi connectivity index (χ4v) is 2.85. The number of hydrogen-bond acceptors (Lipinski definition) is 6. The molecule has 3 heterocycles. The zero-order valence-electron chi connectivity index (χ0n) is 13.5. The maximum atomic E-state index is 9.37. The number of nitrogens with one attached hydrogen (secondary N) is 1. The maximum absolute atomic E-state index is 9.37. The molecule has 1 aliphatic rings. The summed E-state index contributed by atoms with van der Waals surface area (Å²) < 4.78 is 0. The van der Waals surface area contributed by atoms with Crippen molar-refractivity contribution in [2.75, 3.05) is 23.3 Å². The summed E-state index contributed by atoms with van der Waals surface area (Å²) in [4.78, 5) is 15.6. The Labute approximate surface area is 136 Å². The minimum atomic E-state index is -0.00726. The third-order valence-corrected chi connectivity index (χ3v) is 4.08. The standard InChI is InChI=1S/C17H23N5O/c1-13-9-15(10-19-16-11-18-6-5-14(16)12-23)21-17(20-13)22-7-3-2-4-8-22/h5-6,9,11,19,23H,2-4,7-8,10,12H2,1H3. The Balaban J connectivity index is 1.73. The number of anilines is 2. The zero-order chi connectivity index (χ0) is 16.1. The topological polar surface area (TPSA) is 74.2 Å². The van der Waals surface area contributed by atoms with Crippen LogP contribution in [0, 0.1) is 6.92 Å². The van der Waals surface area contributed by atoms with E-state index in [0.717, 1.165) is 41.7 Å².